The van der Waals surface area contributed by atoms with Gasteiger partial charge >= 0.3 is 0 Å². The Morgan fingerprint density at radius 2 is 2.14 bits per heavy atom. The minimum absolute atomic E-state index is 0.00183. The Balaban J connectivity index is 2.15. The minimum atomic E-state index is -0.353. The summed E-state index contributed by atoms with van der Waals surface area (Å²) in [4.78, 5) is 14.4. The SMILES string of the molecule is CCC(C(=O)N(C)Cc1c(Br)cnn1CC)n1cc(Cl)cn1. The maximum atomic E-state index is 12.7. The fourth-order valence-corrected chi connectivity index (χ4v) is 2.90. The maximum Gasteiger partial charge on any atom is 0.247 e. The number of likely N-dealkylation sites (N-methyl/N-ethyl adjacent to an activating group) is 1. The highest BCUT2D eigenvalue weighted by Crippen LogP contribution is 2.21. The van der Waals surface area contributed by atoms with E-state index in [-0.39, 0.29) is 11.9 Å². The van der Waals surface area contributed by atoms with Crippen LogP contribution in [-0.4, -0.2) is 37.4 Å². The van der Waals surface area contributed by atoms with Crippen LogP contribution in [0.5, 0.6) is 0 Å². The van der Waals surface area contributed by atoms with E-state index >= 15 is 0 Å². The Morgan fingerprint density at radius 3 is 2.68 bits per heavy atom. The second kappa shape index (κ2) is 7.28. The van der Waals surface area contributed by atoms with Gasteiger partial charge in [-0.15, -0.1) is 0 Å². The normalized spacial score (nSPS) is 12.4. The van der Waals surface area contributed by atoms with Gasteiger partial charge in [0.2, 0.25) is 5.91 Å². The molecule has 2 aromatic rings. The number of aromatic nitrogens is 4. The van der Waals surface area contributed by atoms with Gasteiger partial charge in [-0.05, 0) is 29.3 Å². The molecule has 120 valence electrons. The van der Waals surface area contributed by atoms with Gasteiger partial charge in [0, 0.05) is 19.8 Å². The maximum absolute atomic E-state index is 12.7. The van der Waals surface area contributed by atoms with E-state index in [4.69, 9.17) is 11.6 Å². The first-order valence-electron chi connectivity index (χ1n) is 7.12. The molecule has 0 saturated heterocycles. The van der Waals surface area contributed by atoms with Gasteiger partial charge in [-0.3, -0.25) is 14.2 Å². The van der Waals surface area contributed by atoms with E-state index in [0.29, 0.717) is 18.0 Å². The van der Waals surface area contributed by atoms with Gasteiger partial charge in [-0.2, -0.15) is 10.2 Å². The summed E-state index contributed by atoms with van der Waals surface area (Å²) in [5.74, 6) is -0.00183. The molecule has 1 amide bonds. The van der Waals surface area contributed by atoms with Crippen molar-refractivity contribution in [2.24, 2.45) is 0 Å². The van der Waals surface area contributed by atoms with E-state index in [2.05, 4.69) is 26.1 Å². The Hall–Kier alpha value is -1.34. The van der Waals surface area contributed by atoms with Gasteiger partial charge in [0.15, 0.2) is 0 Å². The fourth-order valence-electron chi connectivity index (χ4n) is 2.33. The highest BCUT2D eigenvalue weighted by Gasteiger charge is 2.24. The number of nitrogens with zero attached hydrogens (tertiary/aromatic N) is 5. The van der Waals surface area contributed by atoms with Crippen LogP contribution in [0.15, 0.2) is 23.1 Å². The number of aryl methyl sites for hydroxylation is 1. The van der Waals surface area contributed by atoms with Crippen molar-refractivity contribution in [3.05, 3.63) is 33.8 Å². The first-order valence-corrected chi connectivity index (χ1v) is 8.29. The van der Waals surface area contributed by atoms with E-state index in [1.807, 2.05) is 18.5 Å². The first-order chi connectivity index (χ1) is 10.5. The molecule has 0 spiro atoms. The van der Waals surface area contributed by atoms with Crippen LogP contribution in [0.4, 0.5) is 0 Å². The summed E-state index contributed by atoms with van der Waals surface area (Å²) in [5, 5.41) is 8.95. The molecule has 0 aliphatic carbocycles. The second-order valence-corrected chi connectivity index (χ2v) is 6.30. The molecule has 1 atom stereocenters. The number of carbonyl (C=O) groups excluding carboxylic acids is 1. The monoisotopic (exact) mass is 387 g/mol. The summed E-state index contributed by atoms with van der Waals surface area (Å²) in [6.07, 6.45) is 5.62. The number of hydrogen-bond donors (Lipinski definition) is 0. The van der Waals surface area contributed by atoms with Crippen molar-refractivity contribution in [1.82, 2.24) is 24.5 Å². The number of halogens is 2. The molecule has 6 nitrogen and oxygen atoms in total. The fraction of sp³-hybridized carbons (Fsp3) is 0.500. The molecule has 0 radical (unpaired) electrons. The smallest absolute Gasteiger partial charge is 0.247 e. The molecule has 0 fully saturated rings. The van der Waals surface area contributed by atoms with Crippen LogP contribution in [0.1, 0.15) is 32.0 Å². The lowest BCUT2D eigenvalue weighted by Crippen LogP contribution is -2.34. The molecular weight excluding hydrogens is 370 g/mol. The summed E-state index contributed by atoms with van der Waals surface area (Å²) in [5.41, 5.74) is 0.978. The highest BCUT2D eigenvalue weighted by molar-refractivity contribution is 9.10. The molecule has 2 aromatic heterocycles. The zero-order valence-electron chi connectivity index (χ0n) is 12.8. The van der Waals surface area contributed by atoms with Gasteiger partial charge in [0.05, 0.1) is 34.1 Å². The third-order valence-electron chi connectivity index (χ3n) is 3.52. The summed E-state index contributed by atoms with van der Waals surface area (Å²) in [6, 6.07) is -0.353. The molecule has 2 rings (SSSR count). The Labute approximate surface area is 143 Å². The van der Waals surface area contributed by atoms with Crippen molar-refractivity contribution >= 4 is 33.4 Å². The van der Waals surface area contributed by atoms with Crippen LogP contribution >= 0.6 is 27.5 Å². The topological polar surface area (TPSA) is 56.0 Å². The van der Waals surface area contributed by atoms with E-state index in [1.54, 1.807) is 35.2 Å². The highest BCUT2D eigenvalue weighted by atomic mass is 79.9. The summed E-state index contributed by atoms with van der Waals surface area (Å²) in [6.45, 7) is 5.22. The van der Waals surface area contributed by atoms with Crippen molar-refractivity contribution < 1.29 is 4.79 Å². The average Bonchev–Trinajstić information content (AvgIpc) is 3.07. The number of carbonyl (C=O) groups is 1. The third-order valence-corrected chi connectivity index (χ3v) is 4.38. The van der Waals surface area contributed by atoms with E-state index < -0.39 is 0 Å². The third kappa shape index (κ3) is 3.52. The molecule has 1 unspecified atom stereocenters. The van der Waals surface area contributed by atoms with Gasteiger partial charge in [0.25, 0.3) is 0 Å². The lowest BCUT2D eigenvalue weighted by molar-refractivity contribution is -0.134. The molecular formula is C14H19BrClN5O. The molecule has 2 heterocycles. The van der Waals surface area contributed by atoms with Crippen LogP contribution in [0, 0.1) is 0 Å². The quantitative estimate of drug-likeness (QED) is 0.764. The molecule has 0 aromatic carbocycles. The number of hydrogen-bond acceptors (Lipinski definition) is 3. The van der Waals surface area contributed by atoms with E-state index in [9.17, 15) is 4.79 Å². The Bertz CT molecular complexity index is 653. The predicted octanol–water partition coefficient (Wildman–Crippen LogP) is 3.13. The van der Waals surface area contributed by atoms with Crippen molar-refractivity contribution in [3.8, 4) is 0 Å². The largest absolute Gasteiger partial charge is 0.338 e. The summed E-state index contributed by atoms with van der Waals surface area (Å²) >= 11 is 9.38. The van der Waals surface area contributed by atoms with Gasteiger partial charge in [-0.1, -0.05) is 18.5 Å². The summed E-state index contributed by atoms with van der Waals surface area (Å²) < 4.78 is 4.40. The van der Waals surface area contributed by atoms with E-state index in [0.717, 1.165) is 16.7 Å². The standard InChI is InChI=1S/C14H19BrClN5O/c1-4-12(21-8-10(16)6-17-21)14(22)19(3)9-13-11(15)7-18-20(13)5-2/h6-8,12H,4-5,9H2,1-3H3. The van der Waals surface area contributed by atoms with Crippen LogP contribution in [0.3, 0.4) is 0 Å². The lowest BCUT2D eigenvalue weighted by atomic mass is 10.2. The predicted molar refractivity (Wildman–Crippen MR) is 88.6 cm³/mol. The van der Waals surface area contributed by atoms with Crippen LogP contribution < -0.4 is 0 Å². The zero-order chi connectivity index (χ0) is 16.3. The molecule has 0 saturated carbocycles. The molecule has 8 heteroatoms. The average molecular weight is 389 g/mol. The molecule has 0 aliphatic heterocycles. The molecule has 0 bridgehead atoms. The van der Waals surface area contributed by atoms with Gasteiger partial charge < -0.3 is 4.90 Å². The molecule has 0 N–H and O–H groups in total. The van der Waals surface area contributed by atoms with Crippen molar-refractivity contribution in [2.75, 3.05) is 7.05 Å². The van der Waals surface area contributed by atoms with Gasteiger partial charge in [-0.25, -0.2) is 0 Å². The van der Waals surface area contributed by atoms with Crippen LogP contribution in [0.25, 0.3) is 0 Å². The van der Waals surface area contributed by atoms with Crippen LogP contribution in [0.2, 0.25) is 5.02 Å². The molecule has 0 aliphatic rings. The second-order valence-electron chi connectivity index (χ2n) is 5.01. The first kappa shape index (κ1) is 17.0. The number of rotatable bonds is 6. The number of amides is 1. The molecule has 22 heavy (non-hydrogen) atoms. The van der Waals surface area contributed by atoms with Crippen molar-refractivity contribution in [2.45, 2.75) is 39.4 Å². The van der Waals surface area contributed by atoms with E-state index in [1.165, 1.54) is 0 Å². The van der Waals surface area contributed by atoms with Crippen molar-refractivity contribution in [3.63, 3.8) is 0 Å². The Kier molecular flexibility index (Phi) is 5.63. The van der Waals surface area contributed by atoms with Gasteiger partial charge in [0.1, 0.15) is 6.04 Å². The van der Waals surface area contributed by atoms with Crippen LogP contribution in [-0.2, 0) is 17.9 Å². The lowest BCUT2D eigenvalue weighted by Gasteiger charge is -2.23. The Morgan fingerprint density at radius 1 is 1.41 bits per heavy atom. The van der Waals surface area contributed by atoms with Crippen molar-refractivity contribution in [1.29, 1.82) is 0 Å². The minimum Gasteiger partial charge on any atom is -0.338 e. The summed E-state index contributed by atoms with van der Waals surface area (Å²) in [7, 11) is 1.79. The zero-order valence-corrected chi connectivity index (χ0v) is 15.2.